The van der Waals surface area contributed by atoms with Crippen LogP contribution in [0.4, 0.5) is 18.9 Å². The summed E-state index contributed by atoms with van der Waals surface area (Å²) >= 11 is 0. The number of aromatic nitrogens is 2. The van der Waals surface area contributed by atoms with E-state index >= 15 is 0 Å². The first-order valence-corrected chi connectivity index (χ1v) is 9.54. The van der Waals surface area contributed by atoms with Gasteiger partial charge in [-0.2, -0.15) is 13.2 Å². The van der Waals surface area contributed by atoms with Crippen LogP contribution in [-0.2, 0) is 28.7 Å². The van der Waals surface area contributed by atoms with Gasteiger partial charge in [-0.15, -0.1) is 0 Å². The lowest BCUT2D eigenvalue weighted by molar-refractivity contribution is -0.271. The number of rotatable bonds is 6. The Morgan fingerprint density at radius 1 is 1.23 bits per heavy atom. The summed E-state index contributed by atoms with van der Waals surface area (Å²) in [6.45, 7) is 3.03. The van der Waals surface area contributed by atoms with Crippen molar-refractivity contribution in [3.05, 3.63) is 48.0 Å². The average molecular weight is 426 g/mol. The first-order valence-electron chi connectivity index (χ1n) is 9.54. The molecule has 30 heavy (non-hydrogen) atoms. The third-order valence-electron chi connectivity index (χ3n) is 5.23. The van der Waals surface area contributed by atoms with Crippen LogP contribution in [0.2, 0.25) is 0 Å². The minimum Gasteiger partial charge on any atom is -0.378 e. The van der Waals surface area contributed by atoms with Crippen LogP contribution >= 0.6 is 0 Å². The molecular formula is C20H25F3N4O3. The summed E-state index contributed by atoms with van der Waals surface area (Å²) in [5, 5.41) is 10.4. The molecule has 2 aromatic rings. The minimum absolute atomic E-state index is 0.122. The molecule has 1 aromatic carbocycles. The summed E-state index contributed by atoms with van der Waals surface area (Å²) < 4.78 is 47.3. The molecule has 164 valence electrons. The van der Waals surface area contributed by atoms with Gasteiger partial charge in [-0.1, -0.05) is 12.1 Å². The zero-order valence-electron chi connectivity index (χ0n) is 16.9. The topological polar surface area (TPSA) is 70.8 Å². The first kappa shape index (κ1) is 22.1. The Morgan fingerprint density at radius 2 is 1.87 bits per heavy atom. The first-order chi connectivity index (χ1) is 14.1. The molecule has 1 aromatic heterocycles. The number of halogens is 3. The summed E-state index contributed by atoms with van der Waals surface area (Å²) in [5.74, 6) is -1.46. The van der Waals surface area contributed by atoms with Crippen molar-refractivity contribution in [2.24, 2.45) is 7.05 Å². The van der Waals surface area contributed by atoms with E-state index in [2.05, 4.69) is 9.88 Å². The third-order valence-corrected chi connectivity index (χ3v) is 5.23. The molecule has 1 fully saturated rings. The fraction of sp³-hybridized carbons (Fsp3) is 0.500. The van der Waals surface area contributed by atoms with Crippen molar-refractivity contribution in [1.29, 1.82) is 0 Å². The van der Waals surface area contributed by atoms with Crippen LogP contribution in [0, 0.1) is 0 Å². The van der Waals surface area contributed by atoms with Crippen molar-refractivity contribution >= 4 is 11.6 Å². The number of alkyl halides is 3. The van der Waals surface area contributed by atoms with Crippen LogP contribution in [0.25, 0.3) is 0 Å². The smallest absolute Gasteiger partial charge is 0.378 e. The van der Waals surface area contributed by atoms with Crippen LogP contribution < -0.4 is 4.90 Å². The number of hydrogen-bond acceptors (Lipinski definition) is 5. The van der Waals surface area contributed by atoms with E-state index in [4.69, 9.17) is 4.74 Å². The molecule has 1 N–H and O–H groups in total. The maximum atomic E-state index is 13.6. The van der Waals surface area contributed by atoms with Crippen LogP contribution in [-0.4, -0.2) is 65.0 Å². The molecule has 1 aliphatic rings. The third kappa shape index (κ3) is 4.59. The van der Waals surface area contributed by atoms with Gasteiger partial charge in [0.15, 0.2) is 5.82 Å². The number of imidazole rings is 1. The molecule has 1 atom stereocenters. The van der Waals surface area contributed by atoms with Crippen molar-refractivity contribution in [3.8, 4) is 0 Å². The number of ether oxygens (including phenoxy) is 1. The number of carbonyl (C=O) groups excluding carboxylic acids is 1. The van der Waals surface area contributed by atoms with Gasteiger partial charge >= 0.3 is 6.18 Å². The number of benzene rings is 1. The zero-order chi connectivity index (χ0) is 21.9. The Morgan fingerprint density at radius 3 is 2.40 bits per heavy atom. The standard InChI is InChI=1S/C20H25F3N4O3/c1-25-8-7-24-18(25)19(29,20(21,22)23)13-17(28)26(2)14-15-3-5-16(6-4-15)27-9-11-30-12-10-27/h3-8,29H,9-14H2,1-2H3. The molecule has 0 saturated carbocycles. The molecule has 1 amide bonds. The van der Waals surface area contributed by atoms with E-state index in [1.54, 1.807) is 0 Å². The highest BCUT2D eigenvalue weighted by atomic mass is 19.4. The lowest BCUT2D eigenvalue weighted by Crippen LogP contribution is -2.48. The lowest BCUT2D eigenvalue weighted by atomic mass is 9.96. The van der Waals surface area contributed by atoms with Gasteiger partial charge in [0, 0.05) is 51.8 Å². The summed E-state index contributed by atoms with van der Waals surface area (Å²) in [5.41, 5.74) is -1.57. The number of anilines is 1. The van der Waals surface area contributed by atoms with Gasteiger partial charge in [-0.05, 0) is 17.7 Å². The predicted molar refractivity (Wildman–Crippen MR) is 104 cm³/mol. The molecule has 0 bridgehead atoms. The molecule has 1 unspecified atom stereocenters. The van der Waals surface area contributed by atoms with Crippen molar-refractivity contribution in [1.82, 2.24) is 14.5 Å². The van der Waals surface area contributed by atoms with E-state index in [-0.39, 0.29) is 6.54 Å². The number of amides is 1. The number of carbonyl (C=O) groups is 1. The van der Waals surface area contributed by atoms with Gasteiger partial charge in [0.05, 0.1) is 19.6 Å². The van der Waals surface area contributed by atoms with Crippen LogP contribution in [0.15, 0.2) is 36.7 Å². The van der Waals surface area contributed by atoms with Crippen LogP contribution in [0.1, 0.15) is 17.8 Å². The lowest BCUT2D eigenvalue weighted by Gasteiger charge is -2.31. The van der Waals surface area contributed by atoms with Gasteiger partial charge < -0.3 is 24.2 Å². The Hall–Kier alpha value is -2.59. The van der Waals surface area contributed by atoms with Gasteiger partial charge in [0.25, 0.3) is 0 Å². The van der Waals surface area contributed by atoms with Crippen molar-refractivity contribution in [2.45, 2.75) is 24.7 Å². The van der Waals surface area contributed by atoms with Gasteiger partial charge in [0.2, 0.25) is 11.5 Å². The predicted octanol–water partition coefficient (Wildman–Crippen LogP) is 2.06. The van der Waals surface area contributed by atoms with Gasteiger partial charge in [-0.3, -0.25) is 4.79 Å². The highest BCUT2D eigenvalue weighted by molar-refractivity contribution is 5.77. The van der Waals surface area contributed by atoms with E-state index in [0.29, 0.717) is 13.2 Å². The summed E-state index contributed by atoms with van der Waals surface area (Å²) in [6.07, 6.45) is -3.77. The summed E-state index contributed by atoms with van der Waals surface area (Å²) in [6, 6.07) is 7.50. The van der Waals surface area contributed by atoms with Crippen molar-refractivity contribution in [2.75, 3.05) is 38.3 Å². The second kappa shape index (κ2) is 8.65. The number of morpholine rings is 1. The molecule has 0 spiro atoms. The van der Waals surface area contributed by atoms with Gasteiger partial charge in [0.1, 0.15) is 0 Å². The van der Waals surface area contributed by atoms with Crippen LogP contribution in [0.3, 0.4) is 0 Å². The Bertz CT molecular complexity index is 863. The molecule has 0 radical (unpaired) electrons. The maximum absolute atomic E-state index is 13.6. The highest BCUT2D eigenvalue weighted by Gasteiger charge is 2.58. The largest absolute Gasteiger partial charge is 0.425 e. The summed E-state index contributed by atoms with van der Waals surface area (Å²) in [4.78, 5) is 19.5. The fourth-order valence-electron chi connectivity index (χ4n) is 3.42. The van der Waals surface area contributed by atoms with Crippen molar-refractivity contribution in [3.63, 3.8) is 0 Å². The second-order valence-corrected chi connectivity index (χ2v) is 7.41. The maximum Gasteiger partial charge on any atom is 0.425 e. The Labute approximate surface area is 172 Å². The number of aliphatic hydroxyl groups is 1. The van der Waals surface area contributed by atoms with E-state index < -0.39 is 29.9 Å². The zero-order valence-corrected chi connectivity index (χ0v) is 16.9. The molecule has 10 heteroatoms. The number of hydrogen-bond donors (Lipinski definition) is 1. The highest BCUT2D eigenvalue weighted by Crippen LogP contribution is 2.41. The minimum atomic E-state index is -5.05. The molecule has 2 heterocycles. The van der Waals surface area contributed by atoms with E-state index in [1.165, 1.54) is 25.2 Å². The van der Waals surface area contributed by atoms with Crippen molar-refractivity contribution < 1.29 is 27.8 Å². The van der Waals surface area contributed by atoms with Gasteiger partial charge in [-0.25, -0.2) is 4.98 Å². The number of aryl methyl sites for hydroxylation is 1. The van der Waals surface area contributed by atoms with E-state index in [1.807, 2.05) is 24.3 Å². The Kier molecular flexibility index (Phi) is 6.37. The number of nitrogens with zero attached hydrogens (tertiary/aromatic N) is 4. The summed E-state index contributed by atoms with van der Waals surface area (Å²) in [7, 11) is 2.75. The SMILES string of the molecule is CN(Cc1ccc(N2CCOCC2)cc1)C(=O)CC(O)(c1nccn1C)C(F)(F)F. The average Bonchev–Trinajstić information content (AvgIpc) is 3.14. The second-order valence-electron chi connectivity index (χ2n) is 7.41. The Balaban J connectivity index is 1.68. The van der Waals surface area contributed by atoms with Crippen LogP contribution in [0.5, 0.6) is 0 Å². The molecule has 1 saturated heterocycles. The van der Waals surface area contributed by atoms with E-state index in [9.17, 15) is 23.1 Å². The molecule has 7 nitrogen and oxygen atoms in total. The molecular weight excluding hydrogens is 401 g/mol. The molecule has 3 rings (SSSR count). The molecule has 1 aliphatic heterocycles. The normalized spacial score (nSPS) is 16.9. The quantitative estimate of drug-likeness (QED) is 0.766. The van der Waals surface area contributed by atoms with E-state index in [0.717, 1.165) is 35.1 Å². The molecule has 0 aliphatic carbocycles. The fourth-order valence-corrected chi connectivity index (χ4v) is 3.42. The monoisotopic (exact) mass is 426 g/mol.